The van der Waals surface area contributed by atoms with Crippen LogP contribution in [0, 0.1) is 0 Å². The minimum Gasteiger partial charge on any atom is -0.493 e. The number of carbonyl (C=O) groups excluding carboxylic acids is 2. The number of aromatic nitrogens is 4. The molecule has 0 unspecified atom stereocenters. The van der Waals surface area contributed by atoms with E-state index in [0.29, 0.717) is 19.6 Å². The summed E-state index contributed by atoms with van der Waals surface area (Å²) in [7, 11) is 2.01. The SMILES string of the molecule is Cn1ccc(CCN)c1.NCC(=O)N1CCCCC1.NCC(=O)N1CCN(Cc2ccccc2)CC1.NCCc1ccc2c(c1)CCCO2.NCCc1ccc2nc[nH]c2c1.NCCc1ccoc1.NCCc1ccsn1. The van der Waals surface area contributed by atoms with Gasteiger partial charge < -0.3 is 68.6 Å². The minimum absolute atomic E-state index is 0.0596. The predicted molar refractivity (Wildman–Crippen MR) is 313 cm³/mol. The number of nitrogens with one attached hydrogen (secondary N) is 1. The van der Waals surface area contributed by atoms with Crippen molar-refractivity contribution in [3.63, 3.8) is 0 Å². The first kappa shape index (κ1) is 63.3. The number of nitrogens with zero attached hydrogens (tertiary/aromatic N) is 6. The van der Waals surface area contributed by atoms with Crippen LogP contribution < -0.4 is 44.9 Å². The van der Waals surface area contributed by atoms with Crippen LogP contribution in [0.1, 0.15) is 64.8 Å². The monoisotopic (exact) mass is 1080 g/mol. The van der Waals surface area contributed by atoms with Crippen LogP contribution in [0.25, 0.3) is 11.0 Å². The van der Waals surface area contributed by atoms with E-state index in [4.69, 9.17) is 49.3 Å². The van der Waals surface area contributed by atoms with E-state index in [9.17, 15) is 9.59 Å². The summed E-state index contributed by atoms with van der Waals surface area (Å²) in [5.74, 6) is 1.22. The van der Waals surface area contributed by atoms with Gasteiger partial charge in [0, 0.05) is 77.1 Å². The fourth-order valence-corrected chi connectivity index (χ4v) is 9.00. The number of aryl methyl sites for hydroxylation is 2. The average molecular weight is 1080 g/mol. The molecule has 7 aromatic rings. The van der Waals surface area contributed by atoms with Crippen molar-refractivity contribution in [2.75, 3.05) is 91.7 Å². The number of H-pyrrole nitrogens is 1. The predicted octanol–water partition coefficient (Wildman–Crippen LogP) is 4.78. The number of hydrogen-bond acceptors (Lipinski definition) is 15. The highest BCUT2D eigenvalue weighted by Crippen LogP contribution is 2.25. The summed E-state index contributed by atoms with van der Waals surface area (Å²) in [6.45, 7) is 10.9. The van der Waals surface area contributed by atoms with E-state index in [-0.39, 0.29) is 24.9 Å². The number of likely N-dealkylation sites (tertiary alicyclic amines) is 1. The third-order valence-electron chi connectivity index (χ3n) is 12.6. The molecule has 0 radical (unpaired) electrons. The minimum atomic E-state index is 0.0596. The Kier molecular flexibility index (Phi) is 31.5. The van der Waals surface area contributed by atoms with Crippen LogP contribution in [0.5, 0.6) is 5.75 Å². The van der Waals surface area contributed by atoms with Crippen LogP contribution in [0.4, 0.5) is 0 Å². The van der Waals surface area contributed by atoms with Gasteiger partial charge >= 0.3 is 0 Å². The molecule has 0 aliphatic carbocycles. The summed E-state index contributed by atoms with van der Waals surface area (Å²) < 4.78 is 16.4. The van der Waals surface area contributed by atoms with Crippen molar-refractivity contribution in [3.05, 3.63) is 161 Å². The molecule has 0 bridgehead atoms. The summed E-state index contributed by atoms with van der Waals surface area (Å²) >= 11 is 1.47. The van der Waals surface area contributed by atoms with Crippen LogP contribution in [-0.2, 0) is 61.7 Å². The highest BCUT2D eigenvalue weighted by atomic mass is 32.1. The van der Waals surface area contributed by atoms with E-state index in [2.05, 4.69) is 86.1 Å². The van der Waals surface area contributed by atoms with Crippen molar-refractivity contribution in [2.24, 2.45) is 47.2 Å². The number of benzene rings is 3. The maximum absolute atomic E-state index is 11.4. The molecule has 18 nitrogen and oxygen atoms in total. The Morgan fingerprint density at radius 3 is 1.87 bits per heavy atom. The van der Waals surface area contributed by atoms with Crippen LogP contribution in [0.2, 0.25) is 0 Å². The lowest BCUT2D eigenvalue weighted by molar-refractivity contribution is -0.131. The Labute approximate surface area is 460 Å². The summed E-state index contributed by atoms with van der Waals surface area (Å²) in [5, 5.41) is 1.96. The molecular formula is C58H88N14O4S. The van der Waals surface area contributed by atoms with Gasteiger partial charge in [-0.15, -0.1) is 0 Å². The van der Waals surface area contributed by atoms with Crippen molar-refractivity contribution in [2.45, 2.75) is 70.8 Å². The third-order valence-corrected chi connectivity index (χ3v) is 13.2. The number of aromatic amines is 1. The van der Waals surface area contributed by atoms with Gasteiger partial charge in [-0.25, -0.2) is 4.98 Å². The van der Waals surface area contributed by atoms with Crippen LogP contribution in [0.15, 0.2) is 126 Å². The molecule has 0 saturated carbocycles. The van der Waals surface area contributed by atoms with Gasteiger partial charge in [-0.2, -0.15) is 4.37 Å². The van der Waals surface area contributed by atoms with Gasteiger partial charge in [-0.1, -0.05) is 48.5 Å². The lowest BCUT2D eigenvalue weighted by atomic mass is 10.0. The number of fused-ring (bicyclic) bond motifs is 2. The number of piperidine rings is 1. The molecule has 2 amide bonds. The number of amides is 2. The summed E-state index contributed by atoms with van der Waals surface area (Å²) in [6.07, 6.45) is 19.7. The topological polar surface area (TPSA) is 295 Å². The van der Waals surface area contributed by atoms with E-state index >= 15 is 0 Å². The van der Waals surface area contributed by atoms with Gasteiger partial charge in [-0.3, -0.25) is 14.5 Å². The molecule has 15 N–H and O–H groups in total. The fourth-order valence-electron chi connectivity index (χ4n) is 8.43. The van der Waals surface area contributed by atoms with Gasteiger partial charge in [0.2, 0.25) is 11.8 Å². The maximum Gasteiger partial charge on any atom is 0.236 e. The van der Waals surface area contributed by atoms with Crippen molar-refractivity contribution in [1.29, 1.82) is 0 Å². The lowest BCUT2D eigenvalue weighted by Gasteiger charge is -2.34. The highest BCUT2D eigenvalue weighted by molar-refractivity contribution is 7.03. The molecule has 4 aromatic heterocycles. The molecule has 10 rings (SSSR count). The molecule has 19 heteroatoms. The number of hydrogen-bond donors (Lipinski definition) is 8. The smallest absolute Gasteiger partial charge is 0.236 e. The quantitative estimate of drug-likeness (QED) is 0.0728. The number of nitrogens with two attached hydrogens (primary N) is 7. The van der Waals surface area contributed by atoms with E-state index in [0.717, 1.165) is 146 Å². The first-order chi connectivity index (χ1) is 37.6. The Morgan fingerprint density at radius 1 is 0.636 bits per heavy atom. The number of imidazole rings is 1. The molecule has 0 spiro atoms. The standard InChI is InChI=1S/C13H19N3O.C11H15NO.C9H11N3.C7H14N2O.C7H12N2.C6H9NO.C5H8N2S/c14-10-13(17)16-8-6-15(7-9-16)11-12-4-2-1-3-5-12;12-6-5-9-3-4-11-10(8-9)2-1-7-13-11;10-4-3-7-1-2-8-9(5-7)12-6-11-8;8-6-7(10)9-4-2-1-3-5-9;1-9-5-3-7(6-9)2-4-8;7-3-1-6-2-4-8-5-6;6-3-1-5-2-4-8-7-5/h1-5H,6-11,14H2;3-4,8H,1-2,5-7,12H2;1-2,5-6H,3-4,10H2,(H,11,12);1-6,8H2;3,5-6H,2,4,8H2,1H3;2,4-5H,1,3,7H2;2,4H,1,3,6H2. The number of rotatable bonds is 14. The molecule has 3 aliphatic rings. The van der Waals surface area contributed by atoms with Gasteiger partial charge in [0.05, 0.1) is 55.3 Å². The largest absolute Gasteiger partial charge is 0.493 e. The van der Waals surface area contributed by atoms with Gasteiger partial charge in [0.1, 0.15) is 5.75 Å². The molecule has 7 heterocycles. The Morgan fingerprint density at radius 2 is 1.27 bits per heavy atom. The van der Waals surface area contributed by atoms with E-state index < -0.39 is 0 Å². The number of carbonyl (C=O) groups is 2. The average Bonchev–Trinajstić information content (AvgIpc) is 4.34. The highest BCUT2D eigenvalue weighted by Gasteiger charge is 2.20. The van der Waals surface area contributed by atoms with Gasteiger partial charge in [-0.05, 0) is 172 Å². The fraction of sp³-hybridized carbons (Fsp3) is 0.448. The Hall–Kier alpha value is -6.26. The normalized spacial score (nSPS) is 13.6. The Bertz CT molecular complexity index is 2540. The van der Waals surface area contributed by atoms with Crippen molar-refractivity contribution >= 4 is 34.4 Å². The molecule has 2 fully saturated rings. The maximum atomic E-state index is 11.4. The van der Waals surface area contributed by atoms with Crippen molar-refractivity contribution in [1.82, 2.24) is 33.6 Å². The summed E-state index contributed by atoms with van der Waals surface area (Å²) in [6, 6.07) is 29.0. The zero-order valence-corrected chi connectivity index (χ0v) is 46.3. The van der Waals surface area contributed by atoms with E-state index in [1.807, 2.05) is 57.3 Å². The second-order valence-corrected chi connectivity index (χ2v) is 19.3. The first-order valence-corrected chi connectivity index (χ1v) is 27.9. The zero-order chi connectivity index (χ0) is 55.3. The van der Waals surface area contributed by atoms with Crippen LogP contribution in [-0.4, -0.2) is 137 Å². The molecule has 3 aliphatic heterocycles. The Balaban J connectivity index is 0.000000197. The molecule has 3 aromatic carbocycles. The van der Waals surface area contributed by atoms with E-state index in [1.54, 1.807) is 18.9 Å². The van der Waals surface area contributed by atoms with Crippen molar-refractivity contribution in [3.8, 4) is 5.75 Å². The van der Waals surface area contributed by atoms with Gasteiger partial charge in [0.15, 0.2) is 0 Å². The number of piperazine rings is 1. The molecule has 77 heavy (non-hydrogen) atoms. The second-order valence-electron chi connectivity index (χ2n) is 18.6. The lowest BCUT2D eigenvalue weighted by Crippen LogP contribution is -2.49. The second kappa shape index (κ2) is 38.3. The number of ether oxygens (including phenoxy) is 1. The zero-order valence-electron chi connectivity index (χ0n) is 45.5. The van der Waals surface area contributed by atoms with Gasteiger partial charge in [0.25, 0.3) is 0 Å². The van der Waals surface area contributed by atoms with Crippen LogP contribution >= 0.6 is 11.5 Å². The molecule has 420 valence electrons. The van der Waals surface area contributed by atoms with Crippen LogP contribution in [0.3, 0.4) is 0 Å². The van der Waals surface area contributed by atoms with Crippen molar-refractivity contribution < 1.29 is 18.7 Å². The number of furan rings is 1. The molecule has 2 saturated heterocycles. The summed E-state index contributed by atoms with van der Waals surface area (Å²) in [4.78, 5) is 35.7. The summed E-state index contributed by atoms with van der Waals surface area (Å²) in [5.41, 5.74) is 48.4. The van der Waals surface area contributed by atoms with E-state index in [1.165, 1.54) is 51.3 Å². The molecule has 0 atom stereocenters. The first-order valence-electron chi connectivity index (χ1n) is 27.0. The molecular weight excluding hydrogens is 989 g/mol. The third kappa shape index (κ3) is 25.2.